The van der Waals surface area contributed by atoms with Crippen LogP contribution in [0.1, 0.15) is 24.8 Å². The average Bonchev–Trinajstić information content (AvgIpc) is 3.52. The Hall–Kier alpha value is -3.78. The summed E-state index contributed by atoms with van der Waals surface area (Å²) in [5.41, 5.74) is 3.33. The number of hydrogen-bond donors (Lipinski definition) is 1. The minimum atomic E-state index is -0.143. The molecule has 0 aliphatic heterocycles. The molecule has 0 spiro atoms. The predicted octanol–water partition coefficient (Wildman–Crippen LogP) is 4.97. The summed E-state index contributed by atoms with van der Waals surface area (Å²) in [6, 6.07) is 18.9. The Morgan fingerprint density at radius 2 is 1.82 bits per heavy atom. The van der Waals surface area contributed by atoms with Gasteiger partial charge in [-0.05, 0) is 48.2 Å². The lowest BCUT2D eigenvalue weighted by molar-refractivity contribution is -0.118. The molecule has 2 heterocycles. The van der Waals surface area contributed by atoms with Crippen molar-refractivity contribution in [3.8, 4) is 11.5 Å². The molecule has 7 nitrogen and oxygen atoms in total. The second kappa shape index (κ2) is 10.7. The Balaban J connectivity index is 1.27. The quantitative estimate of drug-likeness (QED) is 0.381. The largest absolute Gasteiger partial charge is 0.421 e. The number of carbonyl (C=O) groups is 2. The van der Waals surface area contributed by atoms with Crippen molar-refractivity contribution in [3.05, 3.63) is 82.9 Å². The van der Waals surface area contributed by atoms with Crippen LogP contribution in [0.4, 0.5) is 11.4 Å². The van der Waals surface area contributed by atoms with Gasteiger partial charge in [-0.2, -0.15) is 11.3 Å². The summed E-state index contributed by atoms with van der Waals surface area (Å²) >= 11 is 1.56. The van der Waals surface area contributed by atoms with Gasteiger partial charge in [0.15, 0.2) is 0 Å². The summed E-state index contributed by atoms with van der Waals surface area (Å²) in [7, 11) is 0. The van der Waals surface area contributed by atoms with Gasteiger partial charge in [0.1, 0.15) is 0 Å². The fraction of sp³-hybridized carbons (Fsp3) is 0.200. The third kappa shape index (κ3) is 5.93. The molecule has 4 aromatic rings. The van der Waals surface area contributed by atoms with Crippen LogP contribution in [-0.2, 0) is 22.4 Å². The van der Waals surface area contributed by atoms with E-state index < -0.39 is 0 Å². The number of rotatable bonds is 9. The van der Waals surface area contributed by atoms with E-state index in [0.29, 0.717) is 36.9 Å². The molecule has 2 aromatic heterocycles. The standard InChI is InChI=1S/C25H24N4O3S/c1-2-29(21-6-4-3-5-7-21)24(31)16-18-8-10-20(11-9-18)26-22(30)12-13-23-27-28-25(32-23)19-14-15-33-17-19/h3-11,14-15,17H,2,12-13,16H2,1H3,(H,26,30). The first kappa shape index (κ1) is 22.4. The zero-order valence-corrected chi connectivity index (χ0v) is 19.0. The van der Waals surface area contributed by atoms with Gasteiger partial charge in [-0.3, -0.25) is 9.59 Å². The van der Waals surface area contributed by atoms with Crippen LogP contribution >= 0.6 is 11.3 Å². The van der Waals surface area contributed by atoms with Gasteiger partial charge in [0.05, 0.1) is 6.42 Å². The topological polar surface area (TPSA) is 88.3 Å². The van der Waals surface area contributed by atoms with E-state index in [1.54, 1.807) is 28.4 Å². The first-order valence-electron chi connectivity index (χ1n) is 10.7. The highest BCUT2D eigenvalue weighted by Gasteiger charge is 2.15. The third-order valence-corrected chi connectivity index (χ3v) is 5.76. The maximum absolute atomic E-state index is 12.7. The molecule has 0 radical (unpaired) electrons. The zero-order chi connectivity index (χ0) is 23.0. The lowest BCUT2D eigenvalue weighted by atomic mass is 10.1. The first-order chi connectivity index (χ1) is 16.1. The van der Waals surface area contributed by atoms with Gasteiger partial charge in [0.2, 0.25) is 23.6 Å². The van der Waals surface area contributed by atoms with Crippen molar-refractivity contribution < 1.29 is 14.0 Å². The van der Waals surface area contributed by atoms with Crippen LogP contribution in [0.3, 0.4) is 0 Å². The lowest BCUT2D eigenvalue weighted by Crippen LogP contribution is -2.31. The van der Waals surface area contributed by atoms with E-state index >= 15 is 0 Å². The second-order valence-electron chi connectivity index (χ2n) is 7.41. The highest BCUT2D eigenvalue weighted by Crippen LogP contribution is 2.21. The second-order valence-corrected chi connectivity index (χ2v) is 8.19. The highest BCUT2D eigenvalue weighted by molar-refractivity contribution is 7.08. The monoisotopic (exact) mass is 460 g/mol. The van der Waals surface area contributed by atoms with E-state index in [1.165, 1.54) is 0 Å². The van der Waals surface area contributed by atoms with Crippen molar-refractivity contribution in [2.24, 2.45) is 0 Å². The predicted molar refractivity (Wildman–Crippen MR) is 129 cm³/mol. The molecule has 1 N–H and O–H groups in total. The number of nitrogens with one attached hydrogen (secondary N) is 1. The fourth-order valence-electron chi connectivity index (χ4n) is 3.39. The summed E-state index contributed by atoms with van der Waals surface area (Å²) in [5.74, 6) is 0.780. The van der Waals surface area contributed by atoms with Crippen molar-refractivity contribution in [2.75, 3.05) is 16.8 Å². The van der Waals surface area contributed by atoms with E-state index in [2.05, 4.69) is 15.5 Å². The van der Waals surface area contributed by atoms with Crippen LogP contribution in [-0.4, -0.2) is 28.6 Å². The summed E-state index contributed by atoms with van der Waals surface area (Å²) in [4.78, 5) is 26.8. The van der Waals surface area contributed by atoms with Gasteiger partial charge in [-0.1, -0.05) is 30.3 Å². The lowest BCUT2D eigenvalue weighted by Gasteiger charge is -2.21. The number of nitrogens with zero attached hydrogens (tertiary/aromatic N) is 3. The maximum Gasteiger partial charge on any atom is 0.248 e. The minimum Gasteiger partial charge on any atom is -0.421 e. The van der Waals surface area contributed by atoms with Gasteiger partial charge in [-0.25, -0.2) is 0 Å². The Morgan fingerprint density at radius 3 is 2.52 bits per heavy atom. The smallest absolute Gasteiger partial charge is 0.248 e. The Morgan fingerprint density at radius 1 is 1.03 bits per heavy atom. The van der Waals surface area contributed by atoms with Crippen LogP contribution in [0.5, 0.6) is 0 Å². The summed E-state index contributed by atoms with van der Waals surface area (Å²) < 4.78 is 5.61. The molecule has 0 fully saturated rings. The number of para-hydroxylation sites is 1. The molecule has 0 bridgehead atoms. The van der Waals surface area contributed by atoms with Gasteiger partial charge >= 0.3 is 0 Å². The fourth-order valence-corrected chi connectivity index (χ4v) is 4.02. The molecule has 168 valence electrons. The summed E-state index contributed by atoms with van der Waals surface area (Å²) in [5, 5.41) is 14.8. The molecular formula is C25H24N4O3S. The average molecular weight is 461 g/mol. The molecule has 0 aliphatic rings. The number of carbonyl (C=O) groups excluding carboxylic acids is 2. The normalized spacial score (nSPS) is 10.7. The van der Waals surface area contributed by atoms with E-state index in [9.17, 15) is 9.59 Å². The van der Waals surface area contributed by atoms with Gasteiger partial charge in [0.25, 0.3) is 0 Å². The number of amides is 2. The minimum absolute atomic E-state index is 0.0295. The molecule has 0 atom stereocenters. The summed E-state index contributed by atoms with van der Waals surface area (Å²) in [6.45, 7) is 2.56. The molecule has 0 saturated carbocycles. The van der Waals surface area contributed by atoms with Crippen molar-refractivity contribution in [1.82, 2.24) is 10.2 Å². The van der Waals surface area contributed by atoms with Crippen molar-refractivity contribution in [2.45, 2.75) is 26.2 Å². The first-order valence-corrected chi connectivity index (χ1v) is 11.7. The molecule has 8 heteroatoms. The van der Waals surface area contributed by atoms with Gasteiger partial charge in [0, 0.05) is 41.7 Å². The molecule has 0 aliphatic carbocycles. The molecular weight excluding hydrogens is 436 g/mol. The number of hydrogen-bond acceptors (Lipinski definition) is 6. The molecule has 0 saturated heterocycles. The van der Waals surface area contributed by atoms with Crippen LogP contribution in [0.15, 0.2) is 75.8 Å². The Bertz CT molecular complexity index is 1190. The zero-order valence-electron chi connectivity index (χ0n) is 18.2. The van der Waals surface area contributed by atoms with Crippen LogP contribution in [0.25, 0.3) is 11.5 Å². The van der Waals surface area contributed by atoms with E-state index in [-0.39, 0.29) is 18.2 Å². The number of benzene rings is 2. The SMILES string of the molecule is CCN(C(=O)Cc1ccc(NC(=O)CCc2nnc(-c3ccsc3)o2)cc1)c1ccccc1. The molecule has 4 rings (SSSR count). The van der Waals surface area contributed by atoms with E-state index in [1.807, 2.05) is 66.2 Å². The molecule has 0 unspecified atom stereocenters. The van der Waals surface area contributed by atoms with Gasteiger partial charge < -0.3 is 14.6 Å². The van der Waals surface area contributed by atoms with Crippen LogP contribution in [0, 0.1) is 0 Å². The highest BCUT2D eigenvalue weighted by atomic mass is 32.1. The number of likely N-dealkylation sites (N-methyl/N-ethyl adjacent to an activating group) is 1. The Kier molecular flexibility index (Phi) is 7.26. The van der Waals surface area contributed by atoms with Gasteiger partial charge in [-0.15, -0.1) is 10.2 Å². The van der Waals surface area contributed by atoms with Crippen molar-refractivity contribution >= 4 is 34.5 Å². The number of aromatic nitrogens is 2. The van der Waals surface area contributed by atoms with Crippen molar-refractivity contribution in [1.29, 1.82) is 0 Å². The maximum atomic E-state index is 12.7. The molecule has 2 amide bonds. The Labute approximate surface area is 196 Å². The van der Waals surface area contributed by atoms with Crippen LogP contribution in [0.2, 0.25) is 0 Å². The number of thiophene rings is 1. The number of anilines is 2. The van der Waals surface area contributed by atoms with E-state index in [0.717, 1.165) is 16.8 Å². The summed E-state index contributed by atoms with van der Waals surface area (Å²) in [6.07, 6.45) is 0.885. The van der Waals surface area contributed by atoms with E-state index in [4.69, 9.17) is 4.42 Å². The van der Waals surface area contributed by atoms with Crippen LogP contribution < -0.4 is 10.2 Å². The third-order valence-electron chi connectivity index (χ3n) is 5.08. The molecule has 2 aromatic carbocycles. The van der Waals surface area contributed by atoms with Crippen molar-refractivity contribution in [3.63, 3.8) is 0 Å². The number of aryl methyl sites for hydroxylation is 1. The molecule has 33 heavy (non-hydrogen) atoms.